The van der Waals surface area contributed by atoms with Crippen molar-refractivity contribution < 1.29 is 4.39 Å². The number of rotatable bonds is 3. The topological polar surface area (TPSA) is 50.4 Å². The third kappa shape index (κ3) is 2.88. The van der Waals surface area contributed by atoms with Crippen molar-refractivity contribution in [1.29, 1.82) is 0 Å². The normalized spacial score (nSPS) is 27.5. The van der Waals surface area contributed by atoms with Crippen LogP contribution in [0.1, 0.15) is 43.6 Å². The van der Waals surface area contributed by atoms with Gasteiger partial charge in [0, 0.05) is 6.04 Å². The van der Waals surface area contributed by atoms with Gasteiger partial charge in [-0.25, -0.2) is 4.39 Å². The summed E-state index contributed by atoms with van der Waals surface area (Å²) in [5.74, 6) is 0.941. The zero-order valence-electron chi connectivity index (χ0n) is 11.0. The van der Waals surface area contributed by atoms with Crippen LogP contribution in [-0.2, 0) is 0 Å². The zero-order valence-corrected chi connectivity index (χ0v) is 11.0. The molecule has 0 spiro atoms. The van der Waals surface area contributed by atoms with Gasteiger partial charge in [-0.3, -0.25) is 4.99 Å². The number of hydrogen-bond donors (Lipinski definition) is 2. The molecule has 0 amide bonds. The molecular formula is C15H20FN3. The lowest BCUT2D eigenvalue weighted by Gasteiger charge is -2.36. The Kier molecular flexibility index (Phi) is 3.40. The maximum atomic E-state index is 12.8. The average molecular weight is 261 g/mol. The highest BCUT2D eigenvalue weighted by Gasteiger charge is 2.30. The molecule has 3 nitrogen and oxygen atoms in total. The van der Waals surface area contributed by atoms with Crippen molar-refractivity contribution in [3.63, 3.8) is 0 Å². The van der Waals surface area contributed by atoms with Gasteiger partial charge in [0.15, 0.2) is 5.96 Å². The number of aliphatic imine (C=N–C) groups is 1. The predicted molar refractivity (Wildman–Crippen MR) is 74.6 cm³/mol. The van der Waals surface area contributed by atoms with E-state index >= 15 is 0 Å². The van der Waals surface area contributed by atoms with E-state index in [4.69, 9.17) is 5.73 Å². The fourth-order valence-corrected chi connectivity index (χ4v) is 2.70. The first-order valence-corrected chi connectivity index (χ1v) is 7.06. The summed E-state index contributed by atoms with van der Waals surface area (Å²) in [5, 5.41) is 3.28. The molecule has 0 radical (unpaired) electrons. The van der Waals surface area contributed by atoms with Crippen LogP contribution in [-0.4, -0.2) is 18.0 Å². The largest absolute Gasteiger partial charge is 0.370 e. The quantitative estimate of drug-likeness (QED) is 0.649. The van der Waals surface area contributed by atoms with Crippen LogP contribution in [0.25, 0.3) is 0 Å². The first kappa shape index (κ1) is 12.5. The summed E-state index contributed by atoms with van der Waals surface area (Å²) in [6.45, 7) is 0. The molecule has 1 aromatic carbocycles. The maximum Gasteiger partial charge on any atom is 0.189 e. The second kappa shape index (κ2) is 5.19. The lowest BCUT2D eigenvalue weighted by Crippen LogP contribution is -2.47. The molecule has 3 N–H and O–H groups in total. The van der Waals surface area contributed by atoms with E-state index in [0.717, 1.165) is 12.8 Å². The maximum absolute atomic E-state index is 12.8. The Morgan fingerprint density at radius 1 is 1.21 bits per heavy atom. The average Bonchev–Trinajstić information content (AvgIpc) is 2.30. The molecular weight excluding hydrogens is 241 g/mol. The van der Waals surface area contributed by atoms with Gasteiger partial charge in [0.25, 0.3) is 0 Å². The van der Waals surface area contributed by atoms with Gasteiger partial charge in [-0.05, 0) is 55.7 Å². The van der Waals surface area contributed by atoms with Crippen LogP contribution in [0.3, 0.4) is 0 Å². The van der Waals surface area contributed by atoms with Crippen molar-refractivity contribution in [3.8, 4) is 0 Å². The van der Waals surface area contributed by atoms with E-state index < -0.39 is 0 Å². The molecule has 0 bridgehead atoms. The van der Waals surface area contributed by atoms with Gasteiger partial charge in [0.05, 0.1) is 6.04 Å². The minimum atomic E-state index is -0.172. The van der Waals surface area contributed by atoms with Gasteiger partial charge in [-0.1, -0.05) is 12.1 Å². The van der Waals surface area contributed by atoms with Crippen LogP contribution in [0.15, 0.2) is 29.3 Å². The highest BCUT2D eigenvalue weighted by atomic mass is 19.1. The van der Waals surface area contributed by atoms with E-state index in [2.05, 4.69) is 10.3 Å². The Morgan fingerprint density at radius 2 is 1.89 bits per heavy atom. The summed E-state index contributed by atoms with van der Waals surface area (Å²) in [4.78, 5) is 4.45. The Morgan fingerprint density at radius 3 is 2.47 bits per heavy atom. The van der Waals surface area contributed by atoms with E-state index in [1.807, 2.05) is 12.1 Å². The Balaban J connectivity index is 1.47. The highest BCUT2D eigenvalue weighted by molar-refractivity contribution is 5.78. The standard InChI is InChI=1S/C15H20FN3/c16-12-6-4-10(5-7-12)11-8-14(9-11)19-15(17)18-13-2-1-3-13/h4-7,11,13-14H,1-3,8-9H2,(H3,17,18,19). The van der Waals surface area contributed by atoms with Crippen molar-refractivity contribution in [3.05, 3.63) is 35.6 Å². The molecule has 2 aliphatic carbocycles. The Labute approximate surface area is 113 Å². The fourth-order valence-electron chi connectivity index (χ4n) is 2.70. The molecule has 2 fully saturated rings. The van der Waals surface area contributed by atoms with Crippen LogP contribution in [0, 0.1) is 5.82 Å². The molecule has 2 saturated carbocycles. The number of halogens is 1. The monoisotopic (exact) mass is 261 g/mol. The molecule has 2 aliphatic rings. The third-order valence-electron chi connectivity index (χ3n) is 4.23. The number of benzene rings is 1. The predicted octanol–water partition coefficient (Wildman–Crippen LogP) is 2.53. The lowest BCUT2D eigenvalue weighted by atomic mass is 9.76. The molecule has 1 aromatic rings. The lowest BCUT2D eigenvalue weighted by molar-refractivity contribution is 0.321. The minimum Gasteiger partial charge on any atom is -0.370 e. The van der Waals surface area contributed by atoms with Gasteiger partial charge in [-0.2, -0.15) is 0 Å². The number of nitrogens with one attached hydrogen (secondary N) is 1. The molecule has 3 rings (SSSR count). The molecule has 0 atom stereocenters. The summed E-state index contributed by atoms with van der Waals surface area (Å²) >= 11 is 0. The highest BCUT2D eigenvalue weighted by Crippen LogP contribution is 2.36. The van der Waals surface area contributed by atoms with Crippen LogP contribution in [0.5, 0.6) is 0 Å². The Hall–Kier alpha value is -1.58. The minimum absolute atomic E-state index is 0.172. The van der Waals surface area contributed by atoms with Gasteiger partial charge < -0.3 is 11.1 Å². The second-order valence-corrected chi connectivity index (χ2v) is 5.66. The summed E-state index contributed by atoms with van der Waals surface area (Å²) in [5.41, 5.74) is 7.10. The smallest absolute Gasteiger partial charge is 0.189 e. The second-order valence-electron chi connectivity index (χ2n) is 5.66. The van der Waals surface area contributed by atoms with Crippen molar-refractivity contribution >= 4 is 5.96 Å². The van der Waals surface area contributed by atoms with E-state index in [9.17, 15) is 4.39 Å². The number of hydrogen-bond acceptors (Lipinski definition) is 1. The van der Waals surface area contributed by atoms with Gasteiger partial charge in [-0.15, -0.1) is 0 Å². The van der Waals surface area contributed by atoms with Crippen LogP contribution in [0.2, 0.25) is 0 Å². The molecule has 19 heavy (non-hydrogen) atoms. The molecule has 0 unspecified atom stereocenters. The van der Waals surface area contributed by atoms with Crippen molar-refractivity contribution in [2.24, 2.45) is 10.7 Å². The van der Waals surface area contributed by atoms with Crippen molar-refractivity contribution in [2.75, 3.05) is 0 Å². The van der Waals surface area contributed by atoms with Crippen LogP contribution in [0.4, 0.5) is 4.39 Å². The fraction of sp³-hybridized carbons (Fsp3) is 0.533. The van der Waals surface area contributed by atoms with E-state index in [0.29, 0.717) is 24.0 Å². The zero-order chi connectivity index (χ0) is 13.2. The summed E-state index contributed by atoms with van der Waals surface area (Å²) < 4.78 is 12.8. The first-order valence-electron chi connectivity index (χ1n) is 7.06. The van der Waals surface area contributed by atoms with E-state index in [-0.39, 0.29) is 5.82 Å². The molecule has 102 valence electrons. The van der Waals surface area contributed by atoms with E-state index in [1.165, 1.54) is 37.0 Å². The summed E-state index contributed by atoms with van der Waals surface area (Å²) in [7, 11) is 0. The summed E-state index contributed by atoms with van der Waals surface area (Å²) in [6, 6.07) is 7.68. The Bertz CT molecular complexity index is 459. The SMILES string of the molecule is NC(=NC1CCC1)NC1CC(c2ccc(F)cc2)C1. The molecule has 0 heterocycles. The van der Waals surface area contributed by atoms with Gasteiger partial charge in [0.2, 0.25) is 0 Å². The number of nitrogens with zero attached hydrogens (tertiary/aromatic N) is 1. The van der Waals surface area contributed by atoms with Crippen molar-refractivity contribution in [2.45, 2.75) is 50.1 Å². The first-order chi connectivity index (χ1) is 9.20. The molecule has 0 aromatic heterocycles. The molecule has 4 heteroatoms. The van der Waals surface area contributed by atoms with Gasteiger partial charge >= 0.3 is 0 Å². The number of guanidine groups is 1. The summed E-state index contributed by atoms with van der Waals surface area (Å²) in [6.07, 6.45) is 5.72. The molecule has 0 saturated heterocycles. The van der Waals surface area contributed by atoms with Crippen LogP contribution >= 0.6 is 0 Å². The van der Waals surface area contributed by atoms with Crippen molar-refractivity contribution in [1.82, 2.24) is 5.32 Å². The van der Waals surface area contributed by atoms with E-state index in [1.54, 1.807) is 0 Å². The van der Waals surface area contributed by atoms with Gasteiger partial charge in [0.1, 0.15) is 5.82 Å². The third-order valence-corrected chi connectivity index (χ3v) is 4.23. The van der Waals surface area contributed by atoms with Crippen LogP contribution < -0.4 is 11.1 Å². The molecule has 0 aliphatic heterocycles. The number of nitrogens with two attached hydrogens (primary N) is 1.